The number of amides is 3. The molecule has 148 valence electrons. The van der Waals surface area contributed by atoms with Gasteiger partial charge in [0.05, 0.1) is 6.54 Å². The number of carbonyl (C=O) groups is 3. The second-order valence-corrected chi connectivity index (χ2v) is 7.34. The molecule has 2 rings (SSSR count). The van der Waals surface area contributed by atoms with E-state index in [4.69, 9.17) is 0 Å². The van der Waals surface area contributed by atoms with Crippen LogP contribution < -0.4 is 21.3 Å². The van der Waals surface area contributed by atoms with Gasteiger partial charge in [0.1, 0.15) is 0 Å². The summed E-state index contributed by atoms with van der Waals surface area (Å²) in [6.07, 6.45) is 0. The molecule has 0 aliphatic heterocycles. The van der Waals surface area contributed by atoms with Gasteiger partial charge >= 0.3 is 0 Å². The van der Waals surface area contributed by atoms with Crippen molar-refractivity contribution in [3.63, 3.8) is 0 Å². The van der Waals surface area contributed by atoms with Gasteiger partial charge in [0.2, 0.25) is 5.91 Å². The molecule has 0 aliphatic carbocycles. The van der Waals surface area contributed by atoms with Gasteiger partial charge in [0.25, 0.3) is 11.8 Å². The molecule has 0 radical (unpaired) electrons. The Labute approximate surface area is 164 Å². The van der Waals surface area contributed by atoms with E-state index in [0.717, 1.165) is 5.69 Å². The topological polar surface area (TPSA) is 99.3 Å². The molecule has 2 aromatic carbocycles. The molecule has 0 bridgehead atoms. The van der Waals surface area contributed by atoms with Crippen LogP contribution in [-0.2, 0) is 4.79 Å². The Morgan fingerprint density at radius 1 is 0.857 bits per heavy atom. The molecule has 0 heterocycles. The molecular weight excluding hydrogens is 356 g/mol. The van der Waals surface area contributed by atoms with Crippen LogP contribution in [0.4, 0.5) is 11.4 Å². The largest absolute Gasteiger partial charge is 0.376 e. The summed E-state index contributed by atoms with van der Waals surface area (Å²) < 4.78 is 0. The number of benzene rings is 2. The number of carbonyl (C=O) groups excluding carboxylic acids is 3. The fourth-order valence-corrected chi connectivity index (χ4v) is 2.42. The van der Waals surface area contributed by atoms with Crippen molar-refractivity contribution >= 4 is 29.1 Å². The second kappa shape index (κ2) is 9.03. The molecule has 0 spiro atoms. The SMILES string of the molecule is CNC(=O)c1ccc(NCC(=O)Nc2cccc(C(=O)NC(C)(C)C)c2)cc1. The molecule has 0 fully saturated rings. The maximum Gasteiger partial charge on any atom is 0.251 e. The zero-order chi connectivity index (χ0) is 20.7. The van der Waals surface area contributed by atoms with E-state index in [1.165, 1.54) is 0 Å². The van der Waals surface area contributed by atoms with Crippen LogP contribution in [-0.4, -0.2) is 36.9 Å². The highest BCUT2D eigenvalue weighted by molar-refractivity contribution is 5.98. The highest BCUT2D eigenvalue weighted by Gasteiger charge is 2.15. The van der Waals surface area contributed by atoms with E-state index in [1.807, 2.05) is 20.8 Å². The Bertz CT molecular complexity index is 855. The maximum absolute atomic E-state index is 12.2. The van der Waals surface area contributed by atoms with Crippen molar-refractivity contribution in [3.05, 3.63) is 59.7 Å². The molecule has 0 saturated carbocycles. The van der Waals surface area contributed by atoms with Crippen LogP contribution >= 0.6 is 0 Å². The van der Waals surface area contributed by atoms with Crippen molar-refractivity contribution in [3.8, 4) is 0 Å². The lowest BCUT2D eigenvalue weighted by atomic mass is 10.1. The van der Waals surface area contributed by atoms with E-state index in [9.17, 15) is 14.4 Å². The monoisotopic (exact) mass is 382 g/mol. The summed E-state index contributed by atoms with van der Waals surface area (Å²) in [7, 11) is 1.57. The minimum atomic E-state index is -0.340. The van der Waals surface area contributed by atoms with Crippen molar-refractivity contribution in [2.75, 3.05) is 24.2 Å². The van der Waals surface area contributed by atoms with Gasteiger partial charge in [-0.05, 0) is 63.2 Å². The molecule has 0 saturated heterocycles. The first kappa shape index (κ1) is 21.0. The Morgan fingerprint density at radius 2 is 1.54 bits per heavy atom. The van der Waals surface area contributed by atoms with Crippen molar-refractivity contribution in [1.29, 1.82) is 0 Å². The fraction of sp³-hybridized carbons (Fsp3) is 0.286. The summed E-state index contributed by atoms with van der Waals surface area (Å²) in [6, 6.07) is 13.6. The first-order chi connectivity index (χ1) is 13.2. The Kier molecular flexibility index (Phi) is 6.76. The summed E-state index contributed by atoms with van der Waals surface area (Å²) in [5.74, 6) is -0.610. The van der Waals surface area contributed by atoms with Gasteiger partial charge in [-0.1, -0.05) is 6.07 Å². The average Bonchev–Trinajstić information content (AvgIpc) is 2.65. The summed E-state index contributed by atoms with van der Waals surface area (Å²) in [6.45, 7) is 5.77. The zero-order valence-corrected chi connectivity index (χ0v) is 16.6. The molecule has 3 amide bonds. The summed E-state index contributed by atoms with van der Waals surface area (Å²) >= 11 is 0. The molecule has 0 unspecified atom stereocenters. The van der Waals surface area contributed by atoms with Crippen LogP contribution in [0.3, 0.4) is 0 Å². The van der Waals surface area contributed by atoms with Gasteiger partial charge in [-0.15, -0.1) is 0 Å². The smallest absolute Gasteiger partial charge is 0.251 e. The minimum absolute atomic E-state index is 0.0533. The third-order valence-electron chi connectivity index (χ3n) is 3.72. The lowest BCUT2D eigenvalue weighted by Gasteiger charge is -2.20. The normalized spacial score (nSPS) is 10.7. The van der Waals surface area contributed by atoms with E-state index < -0.39 is 0 Å². The number of hydrogen-bond acceptors (Lipinski definition) is 4. The highest BCUT2D eigenvalue weighted by atomic mass is 16.2. The zero-order valence-electron chi connectivity index (χ0n) is 16.6. The predicted octanol–water partition coefficient (Wildman–Crippen LogP) is 2.63. The molecule has 4 N–H and O–H groups in total. The van der Waals surface area contributed by atoms with Crippen LogP contribution in [0.2, 0.25) is 0 Å². The number of anilines is 2. The van der Waals surface area contributed by atoms with E-state index in [0.29, 0.717) is 16.8 Å². The Balaban J connectivity index is 1.92. The molecule has 0 aromatic heterocycles. The van der Waals surface area contributed by atoms with Crippen LogP contribution in [0.1, 0.15) is 41.5 Å². The summed E-state index contributed by atoms with van der Waals surface area (Å²) in [5, 5.41) is 11.2. The first-order valence-electron chi connectivity index (χ1n) is 8.96. The third-order valence-corrected chi connectivity index (χ3v) is 3.72. The van der Waals surface area contributed by atoms with Crippen LogP contribution in [0.5, 0.6) is 0 Å². The van der Waals surface area contributed by atoms with Crippen molar-refractivity contribution in [2.24, 2.45) is 0 Å². The number of nitrogens with one attached hydrogen (secondary N) is 4. The van der Waals surface area contributed by atoms with Gasteiger partial charge in [0, 0.05) is 35.1 Å². The second-order valence-electron chi connectivity index (χ2n) is 7.34. The van der Waals surface area contributed by atoms with E-state index >= 15 is 0 Å². The molecule has 0 aliphatic rings. The summed E-state index contributed by atoms with van der Waals surface area (Å²) in [4.78, 5) is 35.9. The van der Waals surface area contributed by atoms with Gasteiger partial charge in [0.15, 0.2) is 0 Å². The Hall–Kier alpha value is -3.35. The quantitative estimate of drug-likeness (QED) is 0.617. The van der Waals surface area contributed by atoms with E-state index in [-0.39, 0.29) is 29.8 Å². The number of hydrogen-bond donors (Lipinski definition) is 4. The number of rotatable bonds is 6. The minimum Gasteiger partial charge on any atom is -0.376 e. The molecule has 7 nitrogen and oxygen atoms in total. The lowest BCUT2D eigenvalue weighted by molar-refractivity contribution is -0.114. The van der Waals surface area contributed by atoms with Crippen molar-refractivity contribution < 1.29 is 14.4 Å². The van der Waals surface area contributed by atoms with Gasteiger partial charge in [-0.3, -0.25) is 14.4 Å². The van der Waals surface area contributed by atoms with Gasteiger partial charge < -0.3 is 21.3 Å². The highest BCUT2D eigenvalue weighted by Crippen LogP contribution is 2.13. The maximum atomic E-state index is 12.2. The predicted molar refractivity (Wildman–Crippen MR) is 111 cm³/mol. The standard InChI is InChI=1S/C21H26N4O3/c1-21(2,3)25-20(28)15-6-5-7-17(12-15)24-18(26)13-23-16-10-8-14(9-11-16)19(27)22-4/h5-12,23H,13H2,1-4H3,(H,22,27)(H,24,26)(H,25,28). The van der Waals surface area contributed by atoms with Crippen LogP contribution in [0.15, 0.2) is 48.5 Å². The third kappa shape index (κ3) is 6.42. The molecule has 7 heteroatoms. The van der Waals surface area contributed by atoms with Crippen molar-refractivity contribution in [1.82, 2.24) is 10.6 Å². The molecular formula is C21H26N4O3. The van der Waals surface area contributed by atoms with Crippen LogP contribution in [0.25, 0.3) is 0 Å². The Morgan fingerprint density at radius 3 is 2.14 bits per heavy atom. The molecule has 2 aromatic rings. The van der Waals surface area contributed by atoms with E-state index in [2.05, 4.69) is 21.3 Å². The van der Waals surface area contributed by atoms with Gasteiger partial charge in [-0.2, -0.15) is 0 Å². The summed E-state index contributed by atoms with van der Waals surface area (Å²) in [5.41, 5.74) is 1.95. The molecule has 28 heavy (non-hydrogen) atoms. The van der Waals surface area contributed by atoms with Gasteiger partial charge in [-0.25, -0.2) is 0 Å². The molecule has 0 atom stereocenters. The van der Waals surface area contributed by atoms with Crippen molar-refractivity contribution in [2.45, 2.75) is 26.3 Å². The fourth-order valence-electron chi connectivity index (χ4n) is 2.42. The average molecular weight is 382 g/mol. The first-order valence-corrected chi connectivity index (χ1v) is 8.96. The van der Waals surface area contributed by atoms with Crippen LogP contribution in [0, 0.1) is 0 Å². The van der Waals surface area contributed by atoms with E-state index in [1.54, 1.807) is 55.6 Å². The lowest BCUT2D eigenvalue weighted by Crippen LogP contribution is -2.40.